The third kappa shape index (κ3) is 2.53. The van der Waals surface area contributed by atoms with E-state index in [0.717, 1.165) is 32.5 Å². The maximum atomic E-state index is 13.9. The maximum absolute atomic E-state index is 13.9. The van der Waals surface area contributed by atoms with Crippen LogP contribution in [0.15, 0.2) is 18.2 Å². The number of hydrogen-bond donors (Lipinski definition) is 0. The molecule has 2 rings (SSSR count). The van der Waals surface area contributed by atoms with Gasteiger partial charge in [0.15, 0.2) is 6.29 Å². The number of rotatable bonds is 3. The lowest BCUT2D eigenvalue weighted by atomic mass is 10.1. The van der Waals surface area contributed by atoms with Gasteiger partial charge in [-0.15, -0.1) is 0 Å². The minimum absolute atomic E-state index is 0.308. The second-order valence-corrected chi connectivity index (χ2v) is 4.91. The van der Waals surface area contributed by atoms with Crippen molar-refractivity contribution in [3.63, 3.8) is 0 Å². The number of nitrogens with zero attached hydrogens (tertiary/aromatic N) is 2. The van der Waals surface area contributed by atoms with E-state index in [1.165, 1.54) is 6.07 Å². The molecule has 98 valence electrons. The van der Waals surface area contributed by atoms with Gasteiger partial charge < -0.3 is 4.90 Å². The quantitative estimate of drug-likeness (QED) is 0.768. The average Bonchev–Trinajstić information content (AvgIpc) is 2.38. The summed E-state index contributed by atoms with van der Waals surface area (Å²) in [7, 11) is 0. The summed E-state index contributed by atoms with van der Waals surface area (Å²) in [6.45, 7) is 7.67. The van der Waals surface area contributed by atoms with Crippen molar-refractivity contribution in [2.75, 3.05) is 31.1 Å². The molecule has 1 aliphatic rings. The van der Waals surface area contributed by atoms with Crippen molar-refractivity contribution in [2.24, 2.45) is 0 Å². The Kier molecular flexibility index (Phi) is 3.97. The number of hydrogen-bond acceptors (Lipinski definition) is 3. The van der Waals surface area contributed by atoms with E-state index in [1.807, 2.05) is 4.90 Å². The van der Waals surface area contributed by atoms with Gasteiger partial charge in [-0.1, -0.05) is 6.07 Å². The molecule has 1 heterocycles. The van der Waals surface area contributed by atoms with E-state index >= 15 is 0 Å². The van der Waals surface area contributed by atoms with Crippen LogP contribution in [0.1, 0.15) is 24.2 Å². The number of carbonyl (C=O) groups is 1. The second kappa shape index (κ2) is 5.48. The molecule has 1 fully saturated rings. The van der Waals surface area contributed by atoms with Gasteiger partial charge in [0.05, 0.1) is 5.69 Å². The van der Waals surface area contributed by atoms with Crippen LogP contribution < -0.4 is 4.90 Å². The fourth-order valence-corrected chi connectivity index (χ4v) is 2.42. The third-order valence-corrected chi connectivity index (χ3v) is 3.51. The highest BCUT2D eigenvalue weighted by Gasteiger charge is 2.22. The Balaban J connectivity index is 2.17. The molecule has 0 bridgehead atoms. The number of carbonyl (C=O) groups excluding carboxylic acids is 1. The van der Waals surface area contributed by atoms with Gasteiger partial charge >= 0.3 is 0 Å². The van der Waals surface area contributed by atoms with Crippen LogP contribution in [0.25, 0.3) is 0 Å². The van der Waals surface area contributed by atoms with Gasteiger partial charge in [-0.25, -0.2) is 4.39 Å². The van der Waals surface area contributed by atoms with Gasteiger partial charge in [0, 0.05) is 37.8 Å². The van der Waals surface area contributed by atoms with E-state index in [9.17, 15) is 9.18 Å². The fourth-order valence-electron chi connectivity index (χ4n) is 2.42. The van der Waals surface area contributed by atoms with E-state index < -0.39 is 0 Å². The molecule has 0 aliphatic carbocycles. The predicted octanol–water partition coefficient (Wildman–Crippen LogP) is 2.17. The van der Waals surface area contributed by atoms with E-state index in [0.29, 0.717) is 17.3 Å². The summed E-state index contributed by atoms with van der Waals surface area (Å²) in [6, 6.07) is 5.17. The van der Waals surface area contributed by atoms with Crippen LogP contribution in [0.3, 0.4) is 0 Å². The zero-order chi connectivity index (χ0) is 13.1. The van der Waals surface area contributed by atoms with Crippen molar-refractivity contribution < 1.29 is 9.18 Å². The van der Waals surface area contributed by atoms with Gasteiger partial charge in [0.1, 0.15) is 5.82 Å². The van der Waals surface area contributed by atoms with Crippen LogP contribution in [-0.4, -0.2) is 43.4 Å². The minimum Gasteiger partial charge on any atom is -0.366 e. The zero-order valence-electron chi connectivity index (χ0n) is 10.9. The molecule has 1 aromatic carbocycles. The molecule has 3 nitrogen and oxygen atoms in total. The van der Waals surface area contributed by atoms with E-state index in [1.54, 1.807) is 12.1 Å². The number of aldehydes is 1. The number of benzene rings is 1. The highest BCUT2D eigenvalue weighted by Crippen LogP contribution is 2.24. The monoisotopic (exact) mass is 250 g/mol. The van der Waals surface area contributed by atoms with Crippen molar-refractivity contribution in [1.82, 2.24) is 4.90 Å². The topological polar surface area (TPSA) is 23.6 Å². The van der Waals surface area contributed by atoms with Crippen LogP contribution in [0.2, 0.25) is 0 Å². The van der Waals surface area contributed by atoms with Crippen molar-refractivity contribution in [3.8, 4) is 0 Å². The molecule has 0 spiro atoms. The summed E-state index contributed by atoms with van der Waals surface area (Å²) < 4.78 is 13.9. The molecule has 4 heteroatoms. The first-order valence-corrected chi connectivity index (χ1v) is 6.36. The van der Waals surface area contributed by atoms with Gasteiger partial charge in [0.2, 0.25) is 0 Å². The highest BCUT2D eigenvalue weighted by atomic mass is 19.1. The fraction of sp³-hybridized carbons (Fsp3) is 0.500. The number of piperazine rings is 1. The maximum Gasteiger partial charge on any atom is 0.152 e. The Bertz CT molecular complexity index is 426. The van der Waals surface area contributed by atoms with Gasteiger partial charge in [-0.2, -0.15) is 0 Å². The van der Waals surface area contributed by atoms with E-state index in [4.69, 9.17) is 0 Å². The Labute approximate surface area is 107 Å². The summed E-state index contributed by atoms with van der Waals surface area (Å²) in [4.78, 5) is 15.3. The lowest BCUT2D eigenvalue weighted by Gasteiger charge is -2.38. The summed E-state index contributed by atoms with van der Waals surface area (Å²) >= 11 is 0. The summed E-state index contributed by atoms with van der Waals surface area (Å²) in [6.07, 6.45) is 0.729. The molecule has 18 heavy (non-hydrogen) atoms. The normalized spacial score (nSPS) is 17.2. The van der Waals surface area contributed by atoms with Gasteiger partial charge in [0.25, 0.3) is 0 Å². The van der Waals surface area contributed by atoms with Gasteiger partial charge in [-0.3, -0.25) is 9.69 Å². The van der Waals surface area contributed by atoms with E-state index in [-0.39, 0.29) is 5.82 Å². The Morgan fingerprint density at radius 2 is 1.89 bits per heavy atom. The molecule has 0 saturated carbocycles. The standard InChI is InChI=1S/C14H19FN2O/c1-11(2)16-6-8-17(9-7-16)14-12(10-18)4-3-5-13(14)15/h3-5,10-11H,6-9H2,1-2H3. The lowest BCUT2D eigenvalue weighted by Crippen LogP contribution is -2.49. The zero-order valence-corrected chi connectivity index (χ0v) is 10.9. The number of para-hydroxylation sites is 1. The first-order chi connectivity index (χ1) is 8.63. The molecule has 1 aliphatic heterocycles. The highest BCUT2D eigenvalue weighted by molar-refractivity contribution is 5.84. The molecule has 0 radical (unpaired) electrons. The molecule has 0 N–H and O–H groups in total. The molecule has 1 aromatic rings. The summed E-state index contributed by atoms with van der Waals surface area (Å²) in [5, 5.41) is 0. The van der Waals surface area contributed by atoms with Crippen molar-refractivity contribution in [2.45, 2.75) is 19.9 Å². The molecular formula is C14H19FN2O. The van der Waals surface area contributed by atoms with Crippen molar-refractivity contribution in [3.05, 3.63) is 29.6 Å². The van der Waals surface area contributed by atoms with Crippen LogP contribution in [-0.2, 0) is 0 Å². The molecule has 0 aromatic heterocycles. The smallest absolute Gasteiger partial charge is 0.152 e. The Morgan fingerprint density at radius 1 is 1.22 bits per heavy atom. The SMILES string of the molecule is CC(C)N1CCN(c2c(F)cccc2C=O)CC1. The van der Waals surface area contributed by atoms with Gasteiger partial charge in [-0.05, 0) is 26.0 Å². The van der Waals surface area contributed by atoms with E-state index in [2.05, 4.69) is 18.7 Å². The first-order valence-electron chi connectivity index (χ1n) is 6.36. The van der Waals surface area contributed by atoms with Crippen LogP contribution in [0, 0.1) is 5.82 Å². The van der Waals surface area contributed by atoms with Crippen LogP contribution in [0.4, 0.5) is 10.1 Å². The number of halogens is 1. The van der Waals surface area contributed by atoms with Crippen LogP contribution in [0.5, 0.6) is 0 Å². The van der Waals surface area contributed by atoms with Crippen LogP contribution >= 0.6 is 0 Å². The Hall–Kier alpha value is -1.42. The first kappa shape index (κ1) is 13.0. The number of anilines is 1. The molecular weight excluding hydrogens is 231 g/mol. The minimum atomic E-state index is -0.308. The van der Waals surface area contributed by atoms with Crippen molar-refractivity contribution >= 4 is 12.0 Å². The molecule has 0 amide bonds. The summed E-state index contributed by atoms with van der Waals surface area (Å²) in [5.41, 5.74) is 0.893. The van der Waals surface area contributed by atoms with Crippen molar-refractivity contribution in [1.29, 1.82) is 0 Å². The largest absolute Gasteiger partial charge is 0.366 e. The third-order valence-electron chi connectivity index (χ3n) is 3.51. The lowest BCUT2D eigenvalue weighted by molar-refractivity contribution is 0.112. The average molecular weight is 250 g/mol. The summed E-state index contributed by atoms with van der Waals surface area (Å²) in [5.74, 6) is -0.308. The predicted molar refractivity (Wildman–Crippen MR) is 70.7 cm³/mol. The molecule has 1 saturated heterocycles. The molecule has 0 atom stereocenters. The second-order valence-electron chi connectivity index (χ2n) is 4.91. The molecule has 0 unspecified atom stereocenters. The Morgan fingerprint density at radius 3 is 2.44 bits per heavy atom.